The van der Waals surface area contributed by atoms with Crippen LogP contribution in [0.5, 0.6) is 11.5 Å². The first-order valence-electron chi connectivity index (χ1n) is 11.0. The molecule has 1 aliphatic carbocycles. The zero-order valence-electron chi connectivity index (χ0n) is 17.2. The van der Waals surface area contributed by atoms with Crippen molar-refractivity contribution in [2.75, 3.05) is 19.8 Å². The molecule has 2 atom stereocenters. The molecule has 0 N–H and O–H groups in total. The van der Waals surface area contributed by atoms with Crippen molar-refractivity contribution in [3.8, 4) is 11.5 Å². The van der Waals surface area contributed by atoms with Gasteiger partial charge in [-0.25, -0.2) is 0 Å². The highest BCUT2D eigenvalue weighted by Gasteiger charge is 2.31. The van der Waals surface area contributed by atoms with Crippen LogP contribution < -0.4 is 9.47 Å². The topological polar surface area (TPSA) is 27.7 Å². The molecule has 1 aromatic rings. The maximum absolute atomic E-state index is 14.2. The molecule has 28 heavy (non-hydrogen) atoms. The molecule has 158 valence electrons. The van der Waals surface area contributed by atoms with Crippen molar-refractivity contribution in [3.63, 3.8) is 0 Å². The number of rotatable bonds is 8. The number of ether oxygens (including phenoxy) is 3. The highest BCUT2D eigenvalue weighted by Crippen LogP contribution is 2.38. The van der Waals surface area contributed by atoms with Gasteiger partial charge < -0.3 is 14.2 Å². The maximum Gasteiger partial charge on any atom is 0.204 e. The molecule has 1 aromatic carbocycles. The Kier molecular flexibility index (Phi) is 7.95. The van der Waals surface area contributed by atoms with Crippen LogP contribution in [-0.4, -0.2) is 25.9 Å². The normalized spacial score (nSPS) is 28.1. The van der Waals surface area contributed by atoms with Gasteiger partial charge in [0.05, 0.1) is 19.3 Å². The summed E-state index contributed by atoms with van der Waals surface area (Å²) in [6, 6.07) is 2.86. The van der Waals surface area contributed by atoms with Crippen LogP contribution in [0.1, 0.15) is 65.2 Å². The van der Waals surface area contributed by atoms with E-state index in [4.69, 9.17) is 14.2 Å². The van der Waals surface area contributed by atoms with Crippen molar-refractivity contribution in [1.29, 1.82) is 0 Å². The summed E-state index contributed by atoms with van der Waals surface area (Å²) in [5.74, 6) is 0.209. The first-order valence-corrected chi connectivity index (χ1v) is 11.0. The molecule has 5 heteroatoms. The van der Waals surface area contributed by atoms with E-state index in [1.54, 1.807) is 0 Å². The minimum absolute atomic E-state index is 0.0540. The molecule has 2 unspecified atom stereocenters. The van der Waals surface area contributed by atoms with E-state index in [-0.39, 0.29) is 24.2 Å². The molecule has 1 aliphatic heterocycles. The third-order valence-corrected chi connectivity index (χ3v) is 6.44. The van der Waals surface area contributed by atoms with E-state index in [2.05, 4.69) is 6.92 Å². The van der Waals surface area contributed by atoms with Crippen LogP contribution in [-0.2, 0) is 4.74 Å². The molecule has 1 saturated carbocycles. The Morgan fingerprint density at radius 1 is 0.893 bits per heavy atom. The molecule has 0 radical (unpaired) electrons. The number of hydrogen-bond acceptors (Lipinski definition) is 3. The molecule has 0 bridgehead atoms. The van der Waals surface area contributed by atoms with Crippen molar-refractivity contribution in [1.82, 2.24) is 0 Å². The monoisotopic (exact) mass is 396 g/mol. The van der Waals surface area contributed by atoms with Crippen molar-refractivity contribution in [3.05, 3.63) is 23.8 Å². The van der Waals surface area contributed by atoms with Crippen molar-refractivity contribution in [2.24, 2.45) is 17.8 Å². The van der Waals surface area contributed by atoms with Crippen LogP contribution in [0.15, 0.2) is 12.1 Å². The Balaban J connectivity index is 1.44. The molecular formula is C23H34F2O3. The van der Waals surface area contributed by atoms with E-state index >= 15 is 0 Å². The zero-order chi connectivity index (χ0) is 19.9. The average Bonchev–Trinajstić information content (AvgIpc) is 2.74. The molecule has 0 spiro atoms. The lowest BCUT2D eigenvalue weighted by atomic mass is 9.73. The largest absolute Gasteiger partial charge is 0.490 e. The van der Waals surface area contributed by atoms with Gasteiger partial charge in [-0.3, -0.25) is 0 Å². The SMILES string of the molecule is CCCOc1ccc(OCC2CCC(C3CCC(CC)CC3)CO2)c(F)c1F. The lowest BCUT2D eigenvalue weighted by Crippen LogP contribution is -2.35. The molecule has 3 rings (SSSR count). The van der Waals surface area contributed by atoms with Crippen LogP contribution in [0, 0.1) is 29.4 Å². The summed E-state index contributed by atoms with van der Waals surface area (Å²) in [4.78, 5) is 0. The Morgan fingerprint density at radius 3 is 2.11 bits per heavy atom. The zero-order valence-corrected chi connectivity index (χ0v) is 17.2. The summed E-state index contributed by atoms with van der Waals surface area (Å²) in [5.41, 5.74) is 0. The molecule has 2 aliphatic rings. The standard InChI is InChI=1S/C23H34F2O3/c1-3-13-26-20-11-12-21(23(25)22(20)24)28-15-19-10-9-18(14-27-19)17-7-5-16(4-2)6-8-17/h11-12,16-19H,3-10,13-15H2,1-2H3. The second-order valence-electron chi connectivity index (χ2n) is 8.33. The van der Waals surface area contributed by atoms with E-state index < -0.39 is 11.6 Å². The van der Waals surface area contributed by atoms with Crippen LogP contribution in [0.2, 0.25) is 0 Å². The van der Waals surface area contributed by atoms with E-state index in [0.717, 1.165) is 37.7 Å². The first-order chi connectivity index (χ1) is 13.6. The molecule has 1 saturated heterocycles. The lowest BCUT2D eigenvalue weighted by molar-refractivity contribution is -0.0564. The maximum atomic E-state index is 14.2. The van der Waals surface area contributed by atoms with Gasteiger partial charge in [0.1, 0.15) is 6.61 Å². The van der Waals surface area contributed by atoms with Gasteiger partial charge in [0.15, 0.2) is 11.5 Å². The molecule has 0 aromatic heterocycles. The van der Waals surface area contributed by atoms with Gasteiger partial charge in [-0.15, -0.1) is 0 Å². The van der Waals surface area contributed by atoms with Gasteiger partial charge >= 0.3 is 0 Å². The van der Waals surface area contributed by atoms with Gasteiger partial charge in [0, 0.05) is 0 Å². The highest BCUT2D eigenvalue weighted by molar-refractivity contribution is 5.35. The first kappa shape index (κ1) is 21.4. The minimum atomic E-state index is -0.991. The fraction of sp³-hybridized carbons (Fsp3) is 0.739. The third-order valence-electron chi connectivity index (χ3n) is 6.44. The molecule has 3 nitrogen and oxygen atoms in total. The van der Waals surface area contributed by atoms with Gasteiger partial charge in [0.2, 0.25) is 11.6 Å². The lowest BCUT2D eigenvalue weighted by Gasteiger charge is -2.37. The van der Waals surface area contributed by atoms with E-state index in [1.165, 1.54) is 44.2 Å². The molecule has 2 fully saturated rings. The molecule has 1 heterocycles. The minimum Gasteiger partial charge on any atom is -0.490 e. The number of benzene rings is 1. The van der Waals surface area contributed by atoms with Crippen LogP contribution in [0.25, 0.3) is 0 Å². The van der Waals surface area contributed by atoms with E-state index in [0.29, 0.717) is 12.5 Å². The Morgan fingerprint density at radius 2 is 1.54 bits per heavy atom. The Bertz CT molecular complexity index is 606. The van der Waals surface area contributed by atoms with Crippen LogP contribution in [0.3, 0.4) is 0 Å². The van der Waals surface area contributed by atoms with E-state index in [9.17, 15) is 8.78 Å². The predicted octanol–water partition coefficient (Wildman–Crippen LogP) is 6.14. The van der Waals surface area contributed by atoms with Crippen LogP contribution >= 0.6 is 0 Å². The second-order valence-corrected chi connectivity index (χ2v) is 8.33. The average molecular weight is 397 g/mol. The summed E-state index contributed by atoms with van der Waals surface area (Å²) >= 11 is 0. The summed E-state index contributed by atoms with van der Waals surface area (Å²) in [6.45, 7) is 5.57. The van der Waals surface area contributed by atoms with Crippen molar-refractivity contribution < 1.29 is 23.0 Å². The number of hydrogen-bond donors (Lipinski definition) is 0. The summed E-state index contributed by atoms with van der Waals surface area (Å²) < 4.78 is 45.0. The van der Waals surface area contributed by atoms with Crippen molar-refractivity contribution >= 4 is 0 Å². The quantitative estimate of drug-likeness (QED) is 0.528. The van der Waals surface area contributed by atoms with Gasteiger partial charge in [-0.05, 0) is 62.0 Å². The fourth-order valence-electron chi connectivity index (χ4n) is 4.53. The highest BCUT2D eigenvalue weighted by atomic mass is 19.2. The predicted molar refractivity (Wildman–Crippen MR) is 106 cm³/mol. The summed E-state index contributed by atoms with van der Waals surface area (Å²) in [5, 5.41) is 0. The van der Waals surface area contributed by atoms with E-state index in [1.807, 2.05) is 6.92 Å². The smallest absolute Gasteiger partial charge is 0.204 e. The van der Waals surface area contributed by atoms with Crippen LogP contribution in [0.4, 0.5) is 8.78 Å². The Labute approximate surface area is 167 Å². The Hall–Kier alpha value is -1.36. The summed E-state index contributed by atoms with van der Waals surface area (Å²) in [6.07, 6.45) is 9.39. The second kappa shape index (κ2) is 10.4. The summed E-state index contributed by atoms with van der Waals surface area (Å²) in [7, 11) is 0. The van der Waals surface area contributed by atoms with Gasteiger partial charge in [0.25, 0.3) is 0 Å². The van der Waals surface area contributed by atoms with Gasteiger partial charge in [-0.2, -0.15) is 8.78 Å². The number of halogens is 2. The fourth-order valence-corrected chi connectivity index (χ4v) is 4.53. The molecular weight excluding hydrogens is 362 g/mol. The third kappa shape index (κ3) is 5.37. The molecule has 0 amide bonds. The van der Waals surface area contributed by atoms with Crippen molar-refractivity contribution in [2.45, 2.75) is 71.3 Å². The van der Waals surface area contributed by atoms with Gasteiger partial charge in [-0.1, -0.05) is 33.1 Å².